The van der Waals surface area contributed by atoms with Gasteiger partial charge in [-0.15, -0.1) is 5.10 Å². The summed E-state index contributed by atoms with van der Waals surface area (Å²) in [4.78, 5) is 20.7. The molecule has 0 saturated carbocycles. The average Bonchev–Trinajstić information content (AvgIpc) is 3.63. The molecule has 6 rings (SSSR count). The molecule has 5 aromatic rings. The zero-order chi connectivity index (χ0) is 23.9. The van der Waals surface area contributed by atoms with Gasteiger partial charge in [-0.3, -0.25) is 9.98 Å². The fraction of sp³-hybridized carbons (Fsp3) is 0.0833. The molecule has 1 aromatic carbocycles. The molecule has 0 radical (unpaired) electrons. The van der Waals surface area contributed by atoms with E-state index in [1.165, 1.54) is 6.07 Å². The van der Waals surface area contributed by atoms with E-state index in [-0.39, 0.29) is 10.6 Å². The van der Waals surface area contributed by atoms with Crippen LogP contribution in [0.3, 0.4) is 0 Å². The number of aromatic nitrogens is 7. The fourth-order valence-electron chi connectivity index (χ4n) is 3.92. The number of hydrogen-bond acceptors (Lipinski definition) is 6. The Labute approximate surface area is 202 Å². The third kappa shape index (κ3) is 3.97. The van der Waals surface area contributed by atoms with Gasteiger partial charge >= 0.3 is 0 Å². The molecule has 1 aliphatic rings. The Balaban J connectivity index is 1.33. The number of pyridine rings is 2. The Bertz CT molecular complexity index is 1640. The lowest BCUT2D eigenvalue weighted by atomic mass is 9.99. The zero-order valence-electron chi connectivity index (χ0n) is 18.0. The number of hydrogen-bond donors (Lipinski definition) is 1. The molecule has 0 unspecified atom stereocenters. The highest BCUT2D eigenvalue weighted by Crippen LogP contribution is 2.29. The summed E-state index contributed by atoms with van der Waals surface area (Å²) in [6.45, 7) is 0.868. The van der Waals surface area contributed by atoms with E-state index < -0.39 is 11.6 Å². The lowest BCUT2D eigenvalue weighted by molar-refractivity contribution is 0.582. The molecule has 11 heteroatoms. The molecule has 0 spiro atoms. The van der Waals surface area contributed by atoms with E-state index in [4.69, 9.17) is 16.6 Å². The molecule has 0 aliphatic carbocycles. The molecule has 172 valence electrons. The maximum atomic E-state index is 14.5. The lowest BCUT2D eigenvalue weighted by Gasteiger charge is -2.10. The Morgan fingerprint density at radius 2 is 1.94 bits per heavy atom. The number of halogens is 3. The molecule has 5 heterocycles. The number of nitrogens with zero attached hydrogens (tertiary/aromatic N) is 7. The van der Waals surface area contributed by atoms with Crippen LogP contribution in [-0.4, -0.2) is 47.2 Å². The SMILES string of the molecule is Fc1cc(F)c(C2=NCC=C2c2ccc3ncc(-c4cn(Cc5cnc[nH]5)nn4)cc3n2)cc1Cl. The second-order valence-corrected chi connectivity index (χ2v) is 8.30. The number of allylic oxidation sites excluding steroid dienone is 1. The Morgan fingerprint density at radius 1 is 1.03 bits per heavy atom. The van der Waals surface area contributed by atoms with E-state index in [2.05, 4.69) is 30.3 Å². The molecule has 0 amide bonds. The van der Waals surface area contributed by atoms with Gasteiger partial charge in [-0.05, 0) is 24.3 Å². The van der Waals surface area contributed by atoms with Gasteiger partial charge in [-0.1, -0.05) is 22.9 Å². The molecule has 0 fully saturated rings. The first-order valence-electron chi connectivity index (χ1n) is 10.6. The van der Waals surface area contributed by atoms with Crippen molar-refractivity contribution in [3.63, 3.8) is 0 Å². The highest BCUT2D eigenvalue weighted by Gasteiger charge is 2.22. The molecule has 1 aliphatic heterocycles. The molecular formula is C24H15ClF2N8. The number of H-pyrrole nitrogens is 1. The number of benzene rings is 1. The second-order valence-electron chi connectivity index (χ2n) is 7.89. The van der Waals surface area contributed by atoms with E-state index >= 15 is 0 Å². The molecule has 1 N–H and O–H groups in total. The predicted octanol–water partition coefficient (Wildman–Crippen LogP) is 4.48. The normalized spacial score (nSPS) is 13.3. The van der Waals surface area contributed by atoms with Crippen LogP contribution in [-0.2, 0) is 6.54 Å². The van der Waals surface area contributed by atoms with Gasteiger partial charge in [0, 0.05) is 35.2 Å². The summed E-state index contributed by atoms with van der Waals surface area (Å²) >= 11 is 5.90. The van der Waals surface area contributed by atoms with Gasteiger partial charge < -0.3 is 4.98 Å². The van der Waals surface area contributed by atoms with E-state index in [1.54, 1.807) is 29.5 Å². The summed E-state index contributed by atoms with van der Waals surface area (Å²) in [5, 5.41) is 8.24. The number of aromatic amines is 1. The largest absolute Gasteiger partial charge is 0.347 e. The molecule has 4 aromatic heterocycles. The number of rotatable bonds is 5. The Morgan fingerprint density at radius 3 is 2.80 bits per heavy atom. The van der Waals surface area contributed by atoms with E-state index in [9.17, 15) is 8.78 Å². The van der Waals surface area contributed by atoms with Crippen molar-refractivity contribution in [2.24, 2.45) is 4.99 Å². The lowest BCUT2D eigenvalue weighted by Crippen LogP contribution is -2.07. The van der Waals surface area contributed by atoms with Crippen LogP contribution in [0.25, 0.3) is 27.9 Å². The maximum Gasteiger partial charge on any atom is 0.144 e. The van der Waals surface area contributed by atoms with Crippen molar-refractivity contribution in [1.29, 1.82) is 0 Å². The quantitative estimate of drug-likeness (QED) is 0.368. The average molecular weight is 489 g/mol. The van der Waals surface area contributed by atoms with Gasteiger partial charge in [0.05, 0.1) is 58.8 Å². The highest BCUT2D eigenvalue weighted by atomic mass is 35.5. The van der Waals surface area contributed by atoms with Gasteiger partial charge in [0.15, 0.2) is 0 Å². The summed E-state index contributed by atoms with van der Waals surface area (Å²) < 4.78 is 29.9. The molecule has 0 bridgehead atoms. The molecular weight excluding hydrogens is 474 g/mol. The third-order valence-electron chi connectivity index (χ3n) is 5.60. The van der Waals surface area contributed by atoms with Crippen molar-refractivity contribution in [3.8, 4) is 11.3 Å². The third-order valence-corrected chi connectivity index (χ3v) is 5.89. The Kier molecular flexibility index (Phi) is 5.14. The first-order valence-corrected chi connectivity index (χ1v) is 11.0. The first-order chi connectivity index (χ1) is 17.0. The molecule has 8 nitrogen and oxygen atoms in total. The van der Waals surface area contributed by atoms with Crippen LogP contribution in [0.1, 0.15) is 17.0 Å². The van der Waals surface area contributed by atoms with Crippen molar-refractivity contribution >= 4 is 33.9 Å². The summed E-state index contributed by atoms with van der Waals surface area (Å²) in [7, 11) is 0. The number of imidazole rings is 1. The van der Waals surface area contributed by atoms with Crippen molar-refractivity contribution < 1.29 is 8.78 Å². The first kappa shape index (κ1) is 21.2. The van der Waals surface area contributed by atoms with Crippen LogP contribution in [0.5, 0.6) is 0 Å². The van der Waals surface area contributed by atoms with Crippen molar-refractivity contribution in [2.45, 2.75) is 6.54 Å². The topological polar surface area (TPSA) is 97.5 Å². The maximum absolute atomic E-state index is 14.5. The monoisotopic (exact) mass is 488 g/mol. The smallest absolute Gasteiger partial charge is 0.144 e. The van der Waals surface area contributed by atoms with E-state index in [0.717, 1.165) is 17.3 Å². The van der Waals surface area contributed by atoms with Crippen LogP contribution in [0, 0.1) is 11.6 Å². The van der Waals surface area contributed by atoms with Gasteiger partial charge in [-0.2, -0.15) is 0 Å². The fourth-order valence-corrected chi connectivity index (χ4v) is 4.08. The predicted molar refractivity (Wildman–Crippen MR) is 127 cm³/mol. The number of fused-ring (bicyclic) bond motifs is 1. The standard InChI is InChI=1S/C24H15ClF2N8/c25-17-6-16(18(26)7-19(17)27)24-15(3-4-29-24)20-1-2-21-22(32-20)5-13(8-30-21)23-11-35(34-33-23)10-14-9-28-12-31-14/h1-3,5-9,11-12H,4,10H2,(H,28,31). The van der Waals surface area contributed by atoms with Crippen LogP contribution >= 0.6 is 11.6 Å². The highest BCUT2D eigenvalue weighted by molar-refractivity contribution is 6.35. The summed E-state index contributed by atoms with van der Waals surface area (Å²) in [5.41, 5.74) is 5.37. The van der Waals surface area contributed by atoms with Crippen molar-refractivity contribution in [2.75, 3.05) is 6.54 Å². The number of aliphatic imine (C=N–C) groups is 1. The van der Waals surface area contributed by atoms with E-state index in [1.807, 2.05) is 24.4 Å². The zero-order valence-corrected chi connectivity index (χ0v) is 18.7. The summed E-state index contributed by atoms with van der Waals surface area (Å²) in [5.74, 6) is -1.55. The second kappa shape index (κ2) is 8.48. The van der Waals surface area contributed by atoms with Gasteiger partial charge in [-0.25, -0.2) is 23.4 Å². The van der Waals surface area contributed by atoms with Crippen molar-refractivity contribution in [3.05, 3.63) is 94.9 Å². The van der Waals surface area contributed by atoms with Gasteiger partial charge in [0.1, 0.15) is 17.3 Å². The minimum atomic E-state index is -0.819. The van der Waals surface area contributed by atoms with Crippen molar-refractivity contribution in [1.82, 2.24) is 34.9 Å². The minimum absolute atomic E-state index is 0.128. The Hall–Kier alpha value is -4.31. The van der Waals surface area contributed by atoms with Crippen LogP contribution in [0.4, 0.5) is 8.78 Å². The van der Waals surface area contributed by atoms with Crippen LogP contribution in [0.2, 0.25) is 5.02 Å². The molecule has 35 heavy (non-hydrogen) atoms. The summed E-state index contributed by atoms with van der Waals surface area (Å²) in [6.07, 6.45) is 8.72. The molecule has 0 atom stereocenters. The molecule has 0 saturated heterocycles. The van der Waals surface area contributed by atoms with Gasteiger partial charge in [0.25, 0.3) is 0 Å². The van der Waals surface area contributed by atoms with Crippen LogP contribution in [0.15, 0.2) is 66.3 Å². The van der Waals surface area contributed by atoms with E-state index in [0.29, 0.717) is 46.8 Å². The van der Waals surface area contributed by atoms with Gasteiger partial charge in [0.2, 0.25) is 0 Å². The number of nitrogens with one attached hydrogen (secondary N) is 1. The van der Waals surface area contributed by atoms with Crippen LogP contribution < -0.4 is 0 Å². The minimum Gasteiger partial charge on any atom is -0.347 e. The summed E-state index contributed by atoms with van der Waals surface area (Å²) in [6, 6.07) is 7.52.